The Kier molecular flexibility index (Phi) is 1.51. The van der Waals surface area contributed by atoms with Gasteiger partial charge in [-0.1, -0.05) is 20.6 Å². The van der Waals surface area contributed by atoms with E-state index in [1.54, 1.807) is 0 Å². The summed E-state index contributed by atoms with van der Waals surface area (Å²) in [5, 5.41) is 0. The van der Waals surface area contributed by atoms with Crippen LogP contribution < -0.4 is 5.59 Å². The van der Waals surface area contributed by atoms with Crippen LogP contribution in [-0.4, -0.2) is 28.3 Å². The molecule has 0 saturated carbocycles. The largest absolute Gasteiger partial charge is 0.516 e. The Labute approximate surface area is 128 Å². The highest BCUT2D eigenvalue weighted by atomic mass is 16.7. The van der Waals surface area contributed by atoms with Gasteiger partial charge in [-0.25, -0.2) is 0 Å². The van der Waals surface area contributed by atoms with Crippen LogP contribution in [0.5, 0.6) is 0 Å². The van der Waals surface area contributed by atoms with Gasteiger partial charge in [0.05, 0.1) is 22.5 Å². The molecule has 1 saturated heterocycles. The summed E-state index contributed by atoms with van der Waals surface area (Å²) < 4.78 is 81.0. The molecular formula is C14H23BN2O2. The van der Waals surface area contributed by atoms with Crippen LogP contribution >= 0.6 is 0 Å². The fraction of sp³-hybridized carbons (Fsp3) is 0.714. The second-order valence-corrected chi connectivity index (χ2v) is 5.66. The molecule has 1 fully saturated rings. The molecule has 4 nitrogen and oxygen atoms in total. The van der Waals surface area contributed by atoms with Gasteiger partial charge in [0.1, 0.15) is 0 Å². The number of hydrogen-bond acceptors (Lipinski definition) is 4. The zero-order valence-corrected chi connectivity index (χ0v) is 11.4. The fourth-order valence-electron chi connectivity index (χ4n) is 1.62. The highest BCUT2D eigenvalue weighted by Gasteiger charge is 2.52. The van der Waals surface area contributed by atoms with E-state index in [0.717, 1.165) is 12.4 Å². The molecule has 0 N–H and O–H groups in total. The van der Waals surface area contributed by atoms with Gasteiger partial charge in [-0.15, -0.1) is 0 Å². The molecule has 1 aliphatic heterocycles. The Morgan fingerprint density at radius 3 is 2.05 bits per heavy atom. The standard InChI is InChI=1S/C14H23BN2O2/c1-12(2,3)10-8-17-11(9-16-10)15-18-13(4,5)14(6,7)19-15/h8-9H,1-7H3/i1D3,2D3,3D3. The van der Waals surface area contributed by atoms with Crippen LogP contribution in [0, 0.1) is 0 Å². The Hall–Kier alpha value is -0.935. The molecule has 0 aliphatic carbocycles. The normalized spacial score (nSPS) is 30.7. The Morgan fingerprint density at radius 2 is 1.63 bits per heavy atom. The van der Waals surface area contributed by atoms with E-state index in [1.165, 1.54) is 0 Å². The maximum atomic E-state index is 7.71. The van der Waals surface area contributed by atoms with Crippen molar-refractivity contribution in [3.63, 3.8) is 0 Å². The van der Waals surface area contributed by atoms with Crippen molar-refractivity contribution in [2.75, 3.05) is 0 Å². The Balaban J connectivity index is 2.55. The molecule has 0 aromatic carbocycles. The summed E-state index contributed by atoms with van der Waals surface area (Å²) in [6, 6.07) is 0. The first-order chi connectivity index (χ1) is 12.3. The van der Waals surface area contributed by atoms with Crippen molar-refractivity contribution < 1.29 is 21.6 Å². The number of hydrogen-bond donors (Lipinski definition) is 0. The van der Waals surface area contributed by atoms with E-state index < -0.39 is 50.0 Å². The second kappa shape index (κ2) is 4.28. The average molecular weight is 271 g/mol. The van der Waals surface area contributed by atoms with Crippen molar-refractivity contribution in [1.29, 1.82) is 0 Å². The molecule has 104 valence electrons. The zero-order chi connectivity index (χ0) is 22.0. The minimum absolute atomic E-state index is 0.179. The molecule has 0 bridgehead atoms. The molecule has 1 aliphatic rings. The second-order valence-electron chi connectivity index (χ2n) is 5.66. The maximum Gasteiger partial charge on any atom is 0.516 e. The van der Waals surface area contributed by atoms with E-state index in [9.17, 15) is 0 Å². The third kappa shape index (κ3) is 2.67. The lowest BCUT2D eigenvalue weighted by molar-refractivity contribution is 0.00578. The van der Waals surface area contributed by atoms with Crippen LogP contribution in [0.4, 0.5) is 0 Å². The van der Waals surface area contributed by atoms with Gasteiger partial charge in [-0.2, -0.15) is 0 Å². The Bertz CT molecular complexity index is 674. The maximum absolute atomic E-state index is 7.71. The van der Waals surface area contributed by atoms with Crippen molar-refractivity contribution in [1.82, 2.24) is 9.97 Å². The summed E-state index contributed by atoms with van der Waals surface area (Å²) in [5.74, 6) is 0. The Morgan fingerprint density at radius 1 is 1.05 bits per heavy atom. The van der Waals surface area contributed by atoms with Crippen LogP contribution in [0.3, 0.4) is 0 Å². The van der Waals surface area contributed by atoms with Gasteiger partial charge in [-0.05, 0) is 27.7 Å². The quantitative estimate of drug-likeness (QED) is 0.733. The molecule has 2 heterocycles. The predicted molar refractivity (Wildman–Crippen MR) is 76.4 cm³/mol. The van der Waals surface area contributed by atoms with E-state index in [2.05, 4.69) is 9.97 Å². The average Bonchev–Trinajstić information content (AvgIpc) is 2.63. The summed E-state index contributed by atoms with van der Waals surface area (Å²) in [5.41, 5.74) is -4.98. The van der Waals surface area contributed by atoms with E-state index >= 15 is 0 Å². The molecule has 0 atom stereocenters. The first-order valence-electron chi connectivity index (χ1n) is 10.5. The van der Waals surface area contributed by atoms with Crippen LogP contribution in [0.2, 0.25) is 0 Å². The first kappa shape index (κ1) is 6.68. The topological polar surface area (TPSA) is 44.2 Å². The smallest absolute Gasteiger partial charge is 0.398 e. The lowest BCUT2D eigenvalue weighted by Gasteiger charge is -2.32. The minimum Gasteiger partial charge on any atom is -0.398 e. The summed E-state index contributed by atoms with van der Waals surface area (Å²) in [6.07, 6.45) is 1.96. The van der Waals surface area contributed by atoms with Crippen molar-refractivity contribution in [2.24, 2.45) is 0 Å². The summed E-state index contributed by atoms with van der Waals surface area (Å²) >= 11 is 0. The van der Waals surface area contributed by atoms with E-state index in [-0.39, 0.29) is 5.59 Å². The number of nitrogens with zero attached hydrogens (tertiary/aromatic N) is 2. The van der Waals surface area contributed by atoms with Gasteiger partial charge in [0.25, 0.3) is 0 Å². The summed E-state index contributed by atoms with van der Waals surface area (Å²) in [7, 11) is -0.908. The van der Waals surface area contributed by atoms with Gasteiger partial charge in [-0.3, -0.25) is 9.97 Å². The van der Waals surface area contributed by atoms with Crippen molar-refractivity contribution in [2.45, 2.75) is 64.9 Å². The minimum atomic E-state index is -3.38. The third-order valence-corrected chi connectivity index (χ3v) is 3.55. The molecule has 19 heavy (non-hydrogen) atoms. The third-order valence-electron chi connectivity index (χ3n) is 3.55. The van der Waals surface area contributed by atoms with E-state index in [0.29, 0.717) is 0 Å². The number of aromatic nitrogens is 2. The molecule has 0 radical (unpaired) electrons. The highest BCUT2D eigenvalue weighted by Crippen LogP contribution is 2.36. The van der Waals surface area contributed by atoms with Crippen molar-refractivity contribution >= 4 is 12.7 Å². The molecule has 0 amide bonds. The molecule has 5 heteroatoms. The molecule has 0 unspecified atom stereocenters. The van der Waals surface area contributed by atoms with Crippen LogP contribution in [0.15, 0.2) is 12.4 Å². The monoisotopic (exact) mass is 271 g/mol. The van der Waals surface area contributed by atoms with Gasteiger partial charge in [0, 0.05) is 30.1 Å². The summed E-state index contributed by atoms with van der Waals surface area (Å²) in [4.78, 5) is 7.92. The number of rotatable bonds is 1. The van der Waals surface area contributed by atoms with Crippen LogP contribution in [0.25, 0.3) is 0 Å². The van der Waals surface area contributed by atoms with E-state index in [1.807, 2.05) is 27.7 Å². The zero-order valence-electron chi connectivity index (χ0n) is 20.4. The fourth-order valence-corrected chi connectivity index (χ4v) is 1.62. The van der Waals surface area contributed by atoms with Crippen LogP contribution in [-0.2, 0) is 14.7 Å². The molecule has 0 spiro atoms. The van der Waals surface area contributed by atoms with Gasteiger partial charge < -0.3 is 9.31 Å². The summed E-state index contributed by atoms with van der Waals surface area (Å²) in [6.45, 7) is -2.83. The first-order valence-corrected chi connectivity index (χ1v) is 5.96. The lowest BCUT2D eigenvalue weighted by atomic mass is 9.84. The van der Waals surface area contributed by atoms with Crippen LogP contribution in [0.1, 0.15) is 66.3 Å². The predicted octanol–water partition coefficient (Wildman–Crippen LogP) is 2.07. The van der Waals surface area contributed by atoms with Crippen molar-refractivity contribution in [3.8, 4) is 0 Å². The molecule has 2 rings (SSSR count). The highest BCUT2D eigenvalue weighted by molar-refractivity contribution is 6.61. The van der Waals surface area contributed by atoms with Gasteiger partial charge in [0.15, 0.2) is 0 Å². The molecule has 1 aromatic heterocycles. The van der Waals surface area contributed by atoms with Crippen molar-refractivity contribution in [3.05, 3.63) is 18.1 Å². The molecular weight excluding hydrogens is 239 g/mol. The molecule has 1 aromatic rings. The van der Waals surface area contributed by atoms with Gasteiger partial charge in [0.2, 0.25) is 0 Å². The lowest BCUT2D eigenvalue weighted by Crippen LogP contribution is -2.41. The van der Waals surface area contributed by atoms with E-state index in [4.69, 9.17) is 21.6 Å². The van der Waals surface area contributed by atoms with Gasteiger partial charge >= 0.3 is 7.12 Å². The SMILES string of the molecule is [2H]C([2H])([2H])C(c1cnc(B2OC(C)(C)C(C)(C)O2)cn1)(C([2H])([2H])[2H])C([2H])([2H])[2H].